The summed E-state index contributed by atoms with van der Waals surface area (Å²) in [4.78, 5) is 12.7. The molecule has 156 valence electrons. The van der Waals surface area contributed by atoms with Gasteiger partial charge in [0.2, 0.25) is 0 Å². The van der Waals surface area contributed by atoms with Gasteiger partial charge in [0.1, 0.15) is 11.5 Å². The van der Waals surface area contributed by atoms with Crippen LogP contribution in [-0.4, -0.2) is 35.1 Å². The van der Waals surface area contributed by atoms with Gasteiger partial charge in [-0.1, -0.05) is 28.9 Å². The van der Waals surface area contributed by atoms with Gasteiger partial charge in [-0.15, -0.1) is 5.10 Å². The second kappa shape index (κ2) is 8.89. The maximum atomic E-state index is 12.7. The molecule has 0 aliphatic heterocycles. The molecule has 7 nitrogen and oxygen atoms in total. The number of aromatic nitrogens is 3. The van der Waals surface area contributed by atoms with Gasteiger partial charge in [0, 0.05) is 22.2 Å². The van der Waals surface area contributed by atoms with Crippen molar-refractivity contribution in [1.82, 2.24) is 15.0 Å². The van der Waals surface area contributed by atoms with E-state index in [1.165, 1.54) is 7.11 Å². The van der Waals surface area contributed by atoms with Crippen LogP contribution < -0.4 is 14.8 Å². The molecule has 0 unspecified atom stereocenters. The fourth-order valence-electron chi connectivity index (χ4n) is 3.09. The van der Waals surface area contributed by atoms with E-state index in [1.54, 1.807) is 48.3 Å². The Labute approximate surface area is 184 Å². The molecule has 0 radical (unpaired) electrons. The summed E-state index contributed by atoms with van der Waals surface area (Å²) in [6.45, 7) is 0. The maximum absolute atomic E-state index is 12.7. The molecular formula is C23H19ClN4O3. The zero-order valence-corrected chi connectivity index (χ0v) is 17.6. The number of carbonyl (C=O) groups excluding carboxylic acids is 1. The van der Waals surface area contributed by atoms with Crippen LogP contribution >= 0.6 is 11.6 Å². The summed E-state index contributed by atoms with van der Waals surface area (Å²) in [5.74, 6) is 0.898. The molecule has 1 heterocycles. The van der Waals surface area contributed by atoms with Crippen LogP contribution in [0.3, 0.4) is 0 Å². The Balaban J connectivity index is 1.55. The fraction of sp³-hybridized carbons (Fsp3) is 0.0870. The molecule has 31 heavy (non-hydrogen) atoms. The molecule has 0 fully saturated rings. The SMILES string of the molecule is COc1ccc(NC(=O)c2ccc(-n3nncc3-c3ccc(Cl)cc3)cc2)c(OC)c1. The molecule has 0 atom stereocenters. The largest absolute Gasteiger partial charge is 0.497 e. The van der Waals surface area contributed by atoms with Crippen LogP contribution in [0.5, 0.6) is 11.5 Å². The van der Waals surface area contributed by atoms with E-state index in [9.17, 15) is 4.79 Å². The summed E-state index contributed by atoms with van der Waals surface area (Å²) in [5.41, 5.74) is 3.58. The predicted octanol–water partition coefficient (Wildman–Crippen LogP) is 4.86. The van der Waals surface area contributed by atoms with Crippen molar-refractivity contribution in [3.63, 3.8) is 0 Å². The summed E-state index contributed by atoms with van der Waals surface area (Å²) >= 11 is 5.98. The number of hydrogen-bond donors (Lipinski definition) is 1. The second-order valence-corrected chi connectivity index (χ2v) is 7.04. The van der Waals surface area contributed by atoms with Crippen molar-refractivity contribution >= 4 is 23.2 Å². The Morgan fingerprint density at radius 1 is 0.968 bits per heavy atom. The summed E-state index contributed by atoms with van der Waals surface area (Å²) in [5, 5.41) is 11.7. The maximum Gasteiger partial charge on any atom is 0.255 e. The number of amides is 1. The van der Waals surface area contributed by atoms with Gasteiger partial charge in [-0.25, -0.2) is 4.68 Å². The Kier molecular flexibility index (Phi) is 5.86. The average molecular weight is 435 g/mol. The monoisotopic (exact) mass is 434 g/mol. The van der Waals surface area contributed by atoms with E-state index in [0.717, 1.165) is 16.9 Å². The summed E-state index contributed by atoms with van der Waals surface area (Å²) in [6, 6.07) is 19.7. The number of rotatable bonds is 6. The Morgan fingerprint density at radius 3 is 2.39 bits per heavy atom. The Hall–Kier alpha value is -3.84. The summed E-state index contributed by atoms with van der Waals surface area (Å²) in [7, 11) is 3.11. The quantitative estimate of drug-likeness (QED) is 0.469. The molecule has 0 aliphatic rings. The number of carbonyl (C=O) groups is 1. The van der Waals surface area contributed by atoms with Gasteiger partial charge in [0.25, 0.3) is 5.91 Å². The highest BCUT2D eigenvalue weighted by atomic mass is 35.5. The number of halogens is 1. The van der Waals surface area contributed by atoms with Crippen molar-refractivity contribution in [2.75, 3.05) is 19.5 Å². The molecule has 4 aromatic rings. The number of ether oxygens (including phenoxy) is 2. The highest BCUT2D eigenvalue weighted by molar-refractivity contribution is 6.30. The van der Waals surface area contributed by atoms with Crippen molar-refractivity contribution in [1.29, 1.82) is 0 Å². The fourth-order valence-corrected chi connectivity index (χ4v) is 3.22. The molecule has 0 aliphatic carbocycles. The van der Waals surface area contributed by atoms with Crippen LogP contribution in [0.1, 0.15) is 10.4 Å². The van der Waals surface area contributed by atoms with Crippen molar-refractivity contribution < 1.29 is 14.3 Å². The topological polar surface area (TPSA) is 78.3 Å². The molecule has 0 spiro atoms. The van der Waals surface area contributed by atoms with Crippen LogP contribution in [0.15, 0.2) is 72.9 Å². The first-order valence-corrected chi connectivity index (χ1v) is 9.77. The number of benzene rings is 3. The zero-order chi connectivity index (χ0) is 21.8. The van der Waals surface area contributed by atoms with Crippen molar-refractivity contribution in [3.05, 3.63) is 83.5 Å². The lowest BCUT2D eigenvalue weighted by atomic mass is 10.1. The lowest BCUT2D eigenvalue weighted by Gasteiger charge is -2.12. The molecule has 1 amide bonds. The van der Waals surface area contributed by atoms with Gasteiger partial charge in [-0.2, -0.15) is 0 Å². The van der Waals surface area contributed by atoms with E-state index in [-0.39, 0.29) is 5.91 Å². The highest BCUT2D eigenvalue weighted by Gasteiger charge is 2.13. The summed E-state index contributed by atoms with van der Waals surface area (Å²) in [6.07, 6.45) is 1.68. The zero-order valence-electron chi connectivity index (χ0n) is 16.9. The Bertz CT molecular complexity index is 1200. The van der Waals surface area contributed by atoms with Crippen molar-refractivity contribution in [2.24, 2.45) is 0 Å². The highest BCUT2D eigenvalue weighted by Crippen LogP contribution is 2.29. The van der Waals surface area contributed by atoms with Gasteiger partial charge in [0.15, 0.2) is 0 Å². The smallest absolute Gasteiger partial charge is 0.255 e. The van der Waals surface area contributed by atoms with E-state index in [0.29, 0.717) is 27.8 Å². The van der Waals surface area contributed by atoms with Crippen LogP contribution in [0.25, 0.3) is 16.9 Å². The van der Waals surface area contributed by atoms with Crippen molar-refractivity contribution in [2.45, 2.75) is 0 Å². The molecule has 4 rings (SSSR count). The number of nitrogens with zero attached hydrogens (tertiary/aromatic N) is 3. The van der Waals surface area contributed by atoms with Crippen LogP contribution in [0.2, 0.25) is 5.02 Å². The predicted molar refractivity (Wildman–Crippen MR) is 119 cm³/mol. The minimum atomic E-state index is -0.258. The number of nitrogens with one attached hydrogen (secondary N) is 1. The number of methoxy groups -OCH3 is 2. The van der Waals surface area contributed by atoms with Gasteiger partial charge in [-0.3, -0.25) is 4.79 Å². The van der Waals surface area contributed by atoms with Gasteiger partial charge < -0.3 is 14.8 Å². The van der Waals surface area contributed by atoms with Crippen LogP contribution in [0.4, 0.5) is 5.69 Å². The van der Waals surface area contributed by atoms with E-state index in [4.69, 9.17) is 21.1 Å². The standard InChI is InChI=1S/C23H19ClN4O3/c1-30-19-11-12-20(22(13-19)31-2)26-23(29)16-5-9-18(10-6-16)28-21(14-25-27-28)15-3-7-17(24)8-4-15/h3-14H,1-2H3,(H,26,29). The molecule has 0 saturated heterocycles. The number of anilines is 1. The van der Waals surface area contributed by atoms with Gasteiger partial charge in [0.05, 0.1) is 37.5 Å². The minimum Gasteiger partial charge on any atom is -0.497 e. The van der Waals surface area contributed by atoms with E-state index in [1.807, 2.05) is 36.4 Å². The lowest BCUT2D eigenvalue weighted by molar-refractivity contribution is 0.102. The van der Waals surface area contributed by atoms with E-state index < -0.39 is 0 Å². The van der Waals surface area contributed by atoms with E-state index in [2.05, 4.69) is 15.6 Å². The first-order chi connectivity index (χ1) is 15.1. The molecular weight excluding hydrogens is 416 g/mol. The van der Waals surface area contributed by atoms with Crippen molar-refractivity contribution in [3.8, 4) is 28.4 Å². The third-order valence-electron chi connectivity index (χ3n) is 4.72. The second-order valence-electron chi connectivity index (χ2n) is 6.61. The normalized spacial score (nSPS) is 10.5. The average Bonchev–Trinajstić information content (AvgIpc) is 3.30. The molecule has 0 saturated carbocycles. The van der Waals surface area contributed by atoms with E-state index >= 15 is 0 Å². The lowest BCUT2D eigenvalue weighted by Crippen LogP contribution is -2.13. The molecule has 0 bridgehead atoms. The molecule has 3 aromatic carbocycles. The van der Waals surface area contributed by atoms with Gasteiger partial charge >= 0.3 is 0 Å². The third kappa shape index (κ3) is 4.36. The summed E-state index contributed by atoms with van der Waals surface area (Å²) < 4.78 is 12.2. The first-order valence-electron chi connectivity index (χ1n) is 9.39. The number of hydrogen-bond acceptors (Lipinski definition) is 5. The van der Waals surface area contributed by atoms with Crippen LogP contribution in [0, 0.1) is 0 Å². The third-order valence-corrected chi connectivity index (χ3v) is 4.97. The molecule has 8 heteroatoms. The molecule has 1 N–H and O–H groups in total. The first kappa shape index (κ1) is 20.4. The Morgan fingerprint density at radius 2 is 1.71 bits per heavy atom. The molecule has 1 aromatic heterocycles. The van der Waals surface area contributed by atoms with Crippen LogP contribution in [-0.2, 0) is 0 Å². The minimum absolute atomic E-state index is 0.258. The van der Waals surface area contributed by atoms with Gasteiger partial charge in [-0.05, 0) is 48.5 Å².